The molecule has 19 heavy (non-hydrogen) atoms. The number of esters is 1. The van der Waals surface area contributed by atoms with Gasteiger partial charge in [0.1, 0.15) is 4.79 Å². The number of nitrogens with one attached hydrogen (secondary N) is 2. The third-order valence-corrected chi connectivity index (χ3v) is 14.5. The molecule has 2 amide bonds. The Morgan fingerprint density at radius 1 is 1.00 bits per heavy atom. The van der Waals surface area contributed by atoms with Gasteiger partial charge in [-0.3, -0.25) is 9.59 Å². The molecule has 0 radical (unpaired) electrons. The molecule has 0 atom stereocenters. The number of carbonyl (C=O) groups excluding carboxylic acids is 3. The molecule has 1 rings (SSSR count). The molecule has 108 valence electrons. The maximum Gasteiger partial charge on any atom is 0.349 e. The Kier molecular flexibility index (Phi) is 7.71. The van der Waals surface area contributed by atoms with Gasteiger partial charge in [-0.15, -0.1) is 0 Å². The molecule has 2 N–H and O–H groups in total. The van der Waals surface area contributed by atoms with Crippen molar-refractivity contribution in [3.8, 4) is 0 Å². The summed E-state index contributed by atoms with van der Waals surface area (Å²) in [5.41, 5.74) is 0. The molecule has 6 nitrogen and oxygen atoms in total. The van der Waals surface area contributed by atoms with Crippen LogP contribution in [0.15, 0.2) is 0 Å². The van der Waals surface area contributed by atoms with E-state index in [-0.39, 0.29) is 17.8 Å². The molecule has 0 aromatic heterocycles. The van der Waals surface area contributed by atoms with Crippen molar-refractivity contribution in [1.29, 1.82) is 0 Å². The molecule has 1 heterocycles. The Morgan fingerprint density at radius 3 is 2.00 bits per heavy atom. The van der Waals surface area contributed by atoms with Crippen LogP contribution in [0.3, 0.4) is 0 Å². The lowest BCUT2D eigenvalue weighted by Crippen LogP contribution is -2.29. The normalized spacial score (nSPS) is 15.0. The molecule has 0 saturated carbocycles. The van der Waals surface area contributed by atoms with Gasteiger partial charge in [0.15, 0.2) is 0 Å². The second-order valence-electron chi connectivity index (χ2n) is 3.15. The van der Waals surface area contributed by atoms with Crippen LogP contribution in [0, 0.1) is 0 Å². The van der Waals surface area contributed by atoms with Crippen LogP contribution in [-0.4, -0.2) is 29.2 Å². The maximum absolute atomic E-state index is 11.8. The van der Waals surface area contributed by atoms with Crippen LogP contribution in [0.1, 0.15) is 20.8 Å². The first-order chi connectivity index (χ1) is 8.92. The van der Waals surface area contributed by atoms with E-state index in [1.54, 1.807) is 6.92 Å². The van der Waals surface area contributed by atoms with Crippen LogP contribution in [-0.2, 0) is 19.1 Å². The van der Waals surface area contributed by atoms with Crippen molar-refractivity contribution in [2.24, 2.45) is 0 Å². The van der Waals surface area contributed by atoms with Gasteiger partial charge in [0.2, 0.25) is 11.8 Å². The van der Waals surface area contributed by atoms with Gasteiger partial charge in [0.25, 0.3) is 0 Å². The summed E-state index contributed by atoms with van der Waals surface area (Å²) in [5, 5.41) is 5.61. The molecule has 1 aliphatic heterocycles. The Morgan fingerprint density at radius 2 is 1.53 bits per heavy atom. The van der Waals surface area contributed by atoms with E-state index in [4.69, 9.17) is 4.74 Å². The number of hydrogen-bond acceptors (Lipinski definition) is 4. The van der Waals surface area contributed by atoms with E-state index in [0.717, 1.165) is 4.79 Å². The first kappa shape index (κ1) is 17.3. The largest absolute Gasteiger partial charge is 0.462 e. The Balaban J connectivity index is 3.01. The third kappa shape index (κ3) is 6.46. The zero-order chi connectivity index (χ0) is 14.4. The van der Waals surface area contributed by atoms with Gasteiger partial charge in [-0.1, -0.05) is 0 Å². The van der Waals surface area contributed by atoms with E-state index in [1.165, 1.54) is 13.8 Å². The molecular weight excluding hydrogens is 593 g/mol. The lowest BCUT2D eigenvalue weighted by molar-refractivity contribution is -0.134. The van der Waals surface area contributed by atoms with Crippen molar-refractivity contribution in [1.82, 2.24) is 10.6 Å². The number of halogens is 3. The molecule has 0 spiro atoms. The number of amides is 2. The number of ether oxygens (including phenoxy) is 1. The highest BCUT2D eigenvalue weighted by molar-refractivity contribution is 14.3. The fourth-order valence-corrected chi connectivity index (χ4v) is 23.4. The highest BCUT2D eigenvalue weighted by atomic mass is 127. The van der Waals surface area contributed by atoms with Gasteiger partial charge in [0, 0.05) is 13.8 Å². The minimum Gasteiger partial charge on any atom is -0.462 e. The van der Waals surface area contributed by atoms with Gasteiger partial charge in [-0.05, 0) is 69.1 Å². The Bertz CT molecular complexity index is 494. The molecule has 0 aromatic carbocycles. The van der Waals surface area contributed by atoms with Gasteiger partial charge >= 0.3 is 5.97 Å². The van der Waals surface area contributed by atoms with Crippen LogP contribution in [0.4, 0.5) is 0 Å². The Hall–Kier alpha value is 0.210. The van der Waals surface area contributed by atoms with Crippen LogP contribution in [0.25, 0.3) is 0 Å². The van der Waals surface area contributed by atoms with Crippen molar-refractivity contribution in [2.45, 2.75) is 20.8 Å². The van der Waals surface area contributed by atoms with Crippen molar-refractivity contribution in [2.75, 3.05) is 6.61 Å². The highest BCUT2D eigenvalue weighted by Gasteiger charge is 2.17. The van der Waals surface area contributed by atoms with Gasteiger partial charge in [-0.2, -0.15) is 0 Å². The van der Waals surface area contributed by atoms with Crippen LogP contribution in [0.2, 0.25) is 0 Å². The first-order valence-electron chi connectivity index (χ1n) is 5.20. The summed E-state index contributed by atoms with van der Waals surface area (Å²) in [7, 11) is 0. The molecule has 0 bridgehead atoms. The summed E-state index contributed by atoms with van der Waals surface area (Å²) >= 11 is -1.72. The SMILES string of the molecule is CCOC(=O)C1=IC(NC(C)=O)=IC(NC(C)=O)=I1. The van der Waals surface area contributed by atoms with E-state index >= 15 is 0 Å². The third-order valence-electron chi connectivity index (χ3n) is 1.47. The van der Waals surface area contributed by atoms with Gasteiger partial charge < -0.3 is 15.4 Å². The van der Waals surface area contributed by atoms with E-state index in [2.05, 4.69) is 10.6 Å². The smallest absolute Gasteiger partial charge is 0.349 e. The summed E-state index contributed by atoms with van der Waals surface area (Å²) in [6.07, 6.45) is 0. The summed E-state index contributed by atoms with van der Waals surface area (Å²) < 4.78 is 7.71. The molecule has 0 unspecified atom stereocenters. The molecule has 0 saturated heterocycles. The molecule has 1 aliphatic rings. The zero-order valence-electron chi connectivity index (χ0n) is 10.5. The van der Waals surface area contributed by atoms with E-state index in [0.29, 0.717) is 6.61 Å². The second kappa shape index (κ2) is 8.49. The quantitative estimate of drug-likeness (QED) is 0.285. The topological polar surface area (TPSA) is 84.5 Å². The lowest BCUT2D eigenvalue weighted by Gasteiger charge is -2.11. The predicted molar refractivity (Wildman–Crippen MR) is 101 cm³/mol. The van der Waals surface area contributed by atoms with Crippen LogP contribution >= 0.6 is 62.2 Å². The second-order valence-corrected chi connectivity index (χ2v) is 17.4. The molecule has 0 aliphatic carbocycles. The predicted octanol–water partition coefficient (Wildman–Crippen LogP) is 1.05. The van der Waals surface area contributed by atoms with Crippen molar-refractivity contribution in [3.63, 3.8) is 0 Å². The monoisotopic (exact) mass is 606 g/mol. The standard InChI is InChI=1S/C10H13I3N2O4/c1-4-19-8(18)7-11-9(14-5(2)16)13-10(12-7)15-6(3)17/h4H2,1-3H3,(H,14,16)(H,15,17). The van der Waals surface area contributed by atoms with Gasteiger partial charge in [-0.25, -0.2) is 4.79 Å². The summed E-state index contributed by atoms with van der Waals surface area (Å²) in [6.45, 7) is 5.01. The average molecular weight is 606 g/mol. The van der Waals surface area contributed by atoms with E-state index in [1.807, 2.05) is 0 Å². The maximum atomic E-state index is 11.8. The minimum absolute atomic E-state index is 0.125. The molecule has 9 heteroatoms. The summed E-state index contributed by atoms with van der Waals surface area (Å²) in [6, 6.07) is 0. The van der Waals surface area contributed by atoms with Gasteiger partial charge in [0.05, 0.1) is 6.61 Å². The minimum atomic E-state index is -0.604. The first-order valence-corrected chi connectivity index (χ1v) is 11.7. The van der Waals surface area contributed by atoms with Crippen molar-refractivity contribution < 1.29 is 19.1 Å². The summed E-state index contributed by atoms with van der Waals surface area (Å²) in [5.74, 6) is -0.516. The van der Waals surface area contributed by atoms with E-state index < -0.39 is 62.2 Å². The van der Waals surface area contributed by atoms with Crippen molar-refractivity contribution >= 4 is 84.8 Å². The molecular formula is C10H13I3N2O4. The fourth-order valence-electron chi connectivity index (χ4n) is 0.896. The number of hydrogen-bond donors (Lipinski definition) is 2. The molecule has 0 aromatic rings. The van der Waals surface area contributed by atoms with Crippen LogP contribution in [0.5, 0.6) is 0 Å². The van der Waals surface area contributed by atoms with Crippen LogP contribution < -0.4 is 10.6 Å². The number of carbonyl (C=O) groups is 3. The fraction of sp³-hybridized carbons (Fsp3) is 0.400. The summed E-state index contributed by atoms with van der Waals surface area (Å²) in [4.78, 5) is 34.1. The molecule has 0 fully saturated rings. The number of rotatable bonds is 4. The van der Waals surface area contributed by atoms with E-state index in [9.17, 15) is 14.4 Å². The zero-order valence-corrected chi connectivity index (χ0v) is 16.9. The van der Waals surface area contributed by atoms with Crippen molar-refractivity contribution in [3.05, 3.63) is 0 Å². The average Bonchev–Trinajstić information content (AvgIpc) is 2.26. The Labute approximate surface area is 140 Å². The highest BCUT2D eigenvalue weighted by Crippen LogP contribution is 2.28. The lowest BCUT2D eigenvalue weighted by atomic mass is 10.7.